The Morgan fingerprint density at radius 1 is 1.23 bits per heavy atom. The van der Waals surface area contributed by atoms with Crippen LogP contribution in [0.2, 0.25) is 0 Å². The van der Waals surface area contributed by atoms with Crippen molar-refractivity contribution < 1.29 is 4.79 Å². The summed E-state index contributed by atoms with van der Waals surface area (Å²) in [5, 5.41) is 18.3. The summed E-state index contributed by atoms with van der Waals surface area (Å²) in [5.74, 6) is 0.791. The third-order valence-electron chi connectivity index (χ3n) is 5.36. The van der Waals surface area contributed by atoms with E-state index < -0.39 is 0 Å². The number of carbonyl (C=O) groups excluding carboxylic acids is 1. The number of benzene rings is 1. The highest BCUT2D eigenvalue weighted by atomic mass is 32.2. The number of rotatable bonds is 8. The zero-order valence-electron chi connectivity index (χ0n) is 18.0. The Hall–Kier alpha value is -2.26. The van der Waals surface area contributed by atoms with Gasteiger partial charge in [-0.2, -0.15) is 0 Å². The molecule has 1 N–H and O–H groups in total. The molecular formula is C22H28N6OS2. The first-order valence-corrected chi connectivity index (χ1v) is 12.7. The summed E-state index contributed by atoms with van der Waals surface area (Å²) in [6.45, 7) is 4.44. The van der Waals surface area contributed by atoms with Crippen LogP contribution >= 0.6 is 23.1 Å². The topological polar surface area (TPSA) is 85.6 Å². The fourth-order valence-corrected chi connectivity index (χ4v) is 5.35. The lowest BCUT2D eigenvalue weighted by molar-refractivity contribution is -0.113. The number of aromatic nitrogens is 5. The van der Waals surface area contributed by atoms with Crippen molar-refractivity contribution >= 4 is 34.1 Å². The number of thioether (sulfide) groups is 1. The van der Waals surface area contributed by atoms with E-state index in [4.69, 9.17) is 0 Å². The summed E-state index contributed by atoms with van der Waals surface area (Å²) in [6.07, 6.45) is 6.97. The zero-order chi connectivity index (χ0) is 21.6. The average molecular weight is 457 g/mol. The van der Waals surface area contributed by atoms with Gasteiger partial charge in [-0.25, -0.2) is 9.67 Å². The minimum atomic E-state index is -0.101. The Kier molecular flexibility index (Phi) is 7.34. The summed E-state index contributed by atoms with van der Waals surface area (Å²) in [4.78, 5) is 17.0. The first kappa shape index (κ1) is 22.0. The smallest absolute Gasteiger partial charge is 0.236 e. The number of amides is 1. The van der Waals surface area contributed by atoms with Gasteiger partial charge < -0.3 is 5.32 Å². The molecule has 2 aromatic heterocycles. The van der Waals surface area contributed by atoms with Crippen LogP contribution in [0.15, 0.2) is 34.8 Å². The second kappa shape index (κ2) is 10.4. The van der Waals surface area contributed by atoms with Crippen molar-refractivity contribution in [1.82, 2.24) is 25.2 Å². The third kappa shape index (κ3) is 5.92. The van der Waals surface area contributed by atoms with Gasteiger partial charge in [0.25, 0.3) is 0 Å². The number of hydrogen-bond donors (Lipinski definition) is 1. The van der Waals surface area contributed by atoms with Crippen LogP contribution in [-0.2, 0) is 11.2 Å². The molecule has 9 heteroatoms. The van der Waals surface area contributed by atoms with Gasteiger partial charge >= 0.3 is 0 Å². The molecule has 0 spiro atoms. The number of nitrogens with zero attached hydrogens (tertiary/aromatic N) is 5. The Morgan fingerprint density at radius 3 is 2.74 bits per heavy atom. The number of nitrogens with one attached hydrogen (secondary N) is 1. The van der Waals surface area contributed by atoms with Gasteiger partial charge in [0.1, 0.15) is 0 Å². The molecule has 31 heavy (non-hydrogen) atoms. The Balaban J connectivity index is 1.31. The fourth-order valence-electron chi connectivity index (χ4n) is 3.87. The van der Waals surface area contributed by atoms with Gasteiger partial charge in [0.05, 0.1) is 17.5 Å². The van der Waals surface area contributed by atoms with Crippen LogP contribution in [0.5, 0.6) is 0 Å². The largest absolute Gasteiger partial charge is 0.301 e. The standard InChI is InChI=1S/C22H28N6OS2/c1-15(2)12-16-8-10-17(11-9-16)19-13-30-21(23-19)24-20(29)14-31-22-25-26-27-28(22)18-6-4-3-5-7-18/h8-11,13,15,18H,3-7,12,14H2,1-2H3,(H,23,24,29). The summed E-state index contributed by atoms with van der Waals surface area (Å²) < 4.78 is 1.89. The van der Waals surface area contributed by atoms with Gasteiger partial charge in [0.15, 0.2) is 5.13 Å². The van der Waals surface area contributed by atoms with Gasteiger partial charge in [-0.1, -0.05) is 69.1 Å². The molecule has 1 fully saturated rings. The van der Waals surface area contributed by atoms with Gasteiger partial charge in [0.2, 0.25) is 11.1 Å². The second-order valence-electron chi connectivity index (χ2n) is 8.37. The number of tetrazole rings is 1. The van der Waals surface area contributed by atoms with E-state index in [-0.39, 0.29) is 11.7 Å². The molecule has 0 atom stereocenters. The molecule has 0 bridgehead atoms. The molecule has 0 unspecified atom stereocenters. The zero-order valence-corrected chi connectivity index (χ0v) is 19.6. The summed E-state index contributed by atoms with van der Waals surface area (Å²) in [6, 6.07) is 8.85. The van der Waals surface area contributed by atoms with E-state index in [0.717, 1.165) is 30.5 Å². The first-order valence-electron chi connectivity index (χ1n) is 10.8. The Bertz CT molecular complexity index is 992. The molecule has 3 aromatic rings. The molecule has 1 aliphatic carbocycles. The molecule has 0 radical (unpaired) electrons. The Morgan fingerprint density at radius 2 is 2.00 bits per heavy atom. The maximum atomic E-state index is 12.4. The number of hydrogen-bond acceptors (Lipinski definition) is 7. The van der Waals surface area contributed by atoms with Crippen molar-refractivity contribution in [2.24, 2.45) is 5.92 Å². The molecule has 164 valence electrons. The van der Waals surface area contributed by atoms with E-state index in [1.54, 1.807) is 0 Å². The average Bonchev–Trinajstić information content (AvgIpc) is 3.43. The lowest BCUT2D eigenvalue weighted by atomic mass is 9.96. The molecule has 1 amide bonds. The van der Waals surface area contributed by atoms with Crippen molar-refractivity contribution in [3.05, 3.63) is 35.2 Å². The summed E-state index contributed by atoms with van der Waals surface area (Å²) >= 11 is 2.81. The van der Waals surface area contributed by atoms with Gasteiger partial charge in [-0.3, -0.25) is 4.79 Å². The van der Waals surface area contributed by atoms with Crippen molar-refractivity contribution in [3.63, 3.8) is 0 Å². The van der Waals surface area contributed by atoms with Gasteiger partial charge in [-0.15, -0.1) is 16.4 Å². The molecule has 1 saturated carbocycles. The third-order valence-corrected chi connectivity index (χ3v) is 7.05. The lowest BCUT2D eigenvalue weighted by Crippen LogP contribution is -2.17. The summed E-state index contributed by atoms with van der Waals surface area (Å²) in [7, 11) is 0. The molecule has 0 aliphatic heterocycles. The SMILES string of the molecule is CC(C)Cc1ccc(-c2csc(NC(=O)CSc3nnnn3C3CCCCC3)n2)cc1. The molecule has 4 rings (SSSR count). The first-order chi connectivity index (χ1) is 15.1. The molecule has 0 saturated heterocycles. The van der Waals surface area contributed by atoms with Crippen LogP contribution in [-0.4, -0.2) is 36.9 Å². The van der Waals surface area contributed by atoms with E-state index >= 15 is 0 Å². The van der Waals surface area contributed by atoms with Crippen LogP contribution < -0.4 is 5.32 Å². The van der Waals surface area contributed by atoms with Crippen molar-refractivity contribution in [2.75, 3.05) is 11.1 Å². The van der Waals surface area contributed by atoms with Crippen LogP contribution in [0, 0.1) is 5.92 Å². The molecular weight excluding hydrogens is 428 g/mol. The lowest BCUT2D eigenvalue weighted by Gasteiger charge is -2.21. The molecule has 7 nitrogen and oxygen atoms in total. The number of carbonyl (C=O) groups is 1. The van der Waals surface area contributed by atoms with Crippen LogP contribution in [0.25, 0.3) is 11.3 Å². The normalized spacial score (nSPS) is 14.8. The van der Waals surface area contributed by atoms with Crippen molar-refractivity contribution in [3.8, 4) is 11.3 Å². The van der Waals surface area contributed by atoms with Crippen LogP contribution in [0.3, 0.4) is 0 Å². The minimum absolute atomic E-state index is 0.101. The van der Waals surface area contributed by atoms with Gasteiger partial charge in [-0.05, 0) is 41.2 Å². The van der Waals surface area contributed by atoms with E-state index in [2.05, 4.69) is 63.9 Å². The molecule has 1 aromatic carbocycles. The van der Waals surface area contributed by atoms with E-state index in [9.17, 15) is 4.79 Å². The maximum absolute atomic E-state index is 12.4. The predicted octanol–water partition coefficient (Wildman–Crippen LogP) is 5.23. The van der Waals surface area contributed by atoms with E-state index in [0.29, 0.717) is 22.2 Å². The highest BCUT2D eigenvalue weighted by Crippen LogP contribution is 2.30. The quantitative estimate of drug-likeness (QED) is 0.467. The fraction of sp³-hybridized carbons (Fsp3) is 0.500. The Labute approximate surface area is 191 Å². The van der Waals surface area contributed by atoms with E-state index in [1.165, 1.54) is 47.9 Å². The molecule has 2 heterocycles. The van der Waals surface area contributed by atoms with Crippen molar-refractivity contribution in [1.29, 1.82) is 0 Å². The summed E-state index contributed by atoms with van der Waals surface area (Å²) in [5.41, 5.74) is 3.27. The minimum Gasteiger partial charge on any atom is -0.301 e. The van der Waals surface area contributed by atoms with Gasteiger partial charge in [0, 0.05) is 10.9 Å². The second-order valence-corrected chi connectivity index (χ2v) is 10.2. The highest BCUT2D eigenvalue weighted by molar-refractivity contribution is 7.99. The maximum Gasteiger partial charge on any atom is 0.236 e. The predicted molar refractivity (Wildman–Crippen MR) is 125 cm³/mol. The number of anilines is 1. The highest BCUT2D eigenvalue weighted by Gasteiger charge is 2.21. The van der Waals surface area contributed by atoms with E-state index in [1.807, 2.05) is 10.1 Å². The van der Waals surface area contributed by atoms with Crippen molar-refractivity contribution in [2.45, 2.75) is 63.6 Å². The van der Waals surface area contributed by atoms with Crippen LogP contribution in [0.1, 0.15) is 57.6 Å². The molecule has 1 aliphatic rings. The van der Waals surface area contributed by atoms with Crippen LogP contribution in [0.4, 0.5) is 5.13 Å². The number of thiazole rings is 1. The monoisotopic (exact) mass is 456 g/mol.